The Morgan fingerprint density at radius 3 is 2.60 bits per heavy atom. The predicted octanol–water partition coefficient (Wildman–Crippen LogP) is 3.94. The molecule has 1 saturated heterocycles. The van der Waals surface area contributed by atoms with Crippen molar-refractivity contribution in [2.45, 2.75) is 12.8 Å². The van der Waals surface area contributed by atoms with E-state index >= 15 is 0 Å². The first-order valence-electron chi connectivity index (χ1n) is 8.27. The van der Waals surface area contributed by atoms with Gasteiger partial charge in [0.1, 0.15) is 0 Å². The second-order valence-electron chi connectivity index (χ2n) is 6.04. The second kappa shape index (κ2) is 7.27. The molecule has 1 aliphatic rings. The predicted molar refractivity (Wildman–Crippen MR) is 105 cm³/mol. The van der Waals surface area contributed by atoms with E-state index in [9.17, 15) is 9.59 Å². The molecule has 25 heavy (non-hydrogen) atoms. The van der Waals surface area contributed by atoms with Gasteiger partial charge >= 0.3 is 0 Å². The largest absolute Gasteiger partial charge is 0.341 e. The first kappa shape index (κ1) is 16.8. The molecular weight excluding hydrogens is 372 g/mol. The third-order valence-electron chi connectivity index (χ3n) is 4.39. The molecule has 4 rings (SSSR count). The summed E-state index contributed by atoms with van der Waals surface area (Å²) >= 11 is 4.85. The first-order chi connectivity index (χ1) is 12.2. The first-order valence-corrected chi connectivity index (χ1v) is 10.8. The third-order valence-corrected chi connectivity index (χ3v) is 7.35. The average Bonchev–Trinajstić information content (AvgIpc) is 3.28. The Bertz CT molecular complexity index is 853. The van der Waals surface area contributed by atoms with Crippen LogP contribution < -0.4 is 0 Å². The molecule has 0 saturated carbocycles. The normalized spacial score (nSPS) is 15.5. The Labute approximate surface area is 158 Å². The highest BCUT2D eigenvalue weighted by Gasteiger charge is 2.24. The zero-order valence-electron chi connectivity index (χ0n) is 13.6. The lowest BCUT2D eigenvalue weighted by atomic mass is 10.3. The summed E-state index contributed by atoms with van der Waals surface area (Å²) in [7, 11) is 0. The Morgan fingerprint density at radius 2 is 1.80 bits per heavy atom. The van der Waals surface area contributed by atoms with Crippen LogP contribution in [0.1, 0.15) is 21.0 Å². The van der Waals surface area contributed by atoms with Gasteiger partial charge in [0.15, 0.2) is 0 Å². The molecule has 0 aliphatic carbocycles. The van der Waals surface area contributed by atoms with Crippen LogP contribution in [0.4, 0.5) is 0 Å². The maximum absolute atomic E-state index is 12.8. The quantitative estimate of drug-likeness (QED) is 0.680. The monoisotopic (exact) mass is 390 g/mol. The summed E-state index contributed by atoms with van der Waals surface area (Å²) in [5.41, 5.74) is 0. The summed E-state index contributed by atoms with van der Waals surface area (Å²) in [5.74, 6) is 0.259. The summed E-state index contributed by atoms with van der Waals surface area (Å²) in [6, 6.07) is 8.03. The lowest BCUT2D eigenvalue weighted by Crippen LogP contribution is -2.37. The molecule has 7 heteroatoms. The molecule has 0 spiro atoms. The lowest BCUT2D eigenvalue weighted by molar-refractivity contribution is -0.130. The fourth-order valence-electron chi connectivity index (χ4n) is 3.07. The van der Waals surface area contributed by atoms with Gasteiger partial charge in [0.2, 0.25) is 5.91 Å². The Hall–Kier alpha value is -1.70. The Kier molecular flexibility index (Phi) is 4.87. The summed E-state index contributed by atoms with van der Waals surface area (Å²) < 4.78 is 2.35. The number of rotatable bonds is 3. The van der Waals surface area contributed by atoms with Gasteiger partial charge < -0.3 is 9.80 Å². The molecular formula is C18H18N2O2S3. The van der Waals surface area contributed by atoms with Gasteiger partial charge in [0.05, 0.1) is 11.3 Å². The van der Waals surface area contributed by atoms with Crippen molar-refractivity contribution in [2.75, 3.05) is 26.2 Å². The molecule has 2 amide bonds. The fourth-order valence-corrected chi connectivity index (χ4v) is 5.84. The van der Waals surface area contributed by atoms with E-state index in [0.29, 0.717) is 26.1 Å². The summed E-state index contributed by atoms with van der Waals surface area (Å²) in [4.78, 5) is 31.0. The van der Waals surface area contributed by atoms with E-state index in [1.54, 1.807) is 34.0 Å². The standard InChI is InChI=1S/C18H18N2O2S3/c21-17(11-13-3-1-9-23-13)19-5-2-6-20(8-7-19)18(22)16-12-15-14(25-16)4-10-24-15/h1,3-4,9-10,12H,2,5-8,11H2. The molecule has 4 nitrogen and oxygen atoms in total. The van der Waals surface area contributed by atoms with E-state index in [4.69, 9.17) is 0 Å². The lowest BCUT2D eigenvalue weighted by Gasteiger charge is -2.21. The number of carbonyl (C=O) groups is 2. The zero-order valence-corrected chi connectivity index (χ0v) is 16.1. The van der Waals surface area contributed by atoms with Crippen molar-refractivity contribution < 1.29 is 9.59 Å². The van der Waals surface area contributed by atoms with Gasteiger partial charge in [0, 0.05) is 40.5 Å². The molecule has 4 heterocycles. The van der Waals surface area contributed by atoms with Gasteiger partial charge in [0.25, 0.3) is 5.91 Å². The number of nitrogens with zero attached hydrogens (tertiary/aromatic N) is 2. The number of carbonyl (C=O) groups excluding carboxylic acids is 2. The molecule has 3 aromatic rings. The van der Waals surface area contributed by atoms with Gasteiger partial charge in [-0.05, 0) is 35.4 Å². The maximum Gasteiger partial charge on any atom is 0.264 e. The molecule has 3 aromatic heterocycles. The van der Waals surface area contributed by atoms with Crippen molar-refractivity contribution in [3.05, 3.63) is 44.8 Å². The molecule has 0 bridgehead atoms. The fraction of sp³-hybridized carbons (Fsp3) is 0.333. The summed E-state index contributed by atoms with van der Waals surface area (Å²) in [6.45, 7) is 2.68. The van der Waals surface area contributed by atoms with Crippen molar-refractivity contribution >= 4 is 55.2 Å². The van der Waals surface area contributed by atoms with Crippen LogP contribution in [-0.2, 0) is 11.2 Å². The molecule has 0 radical (unpaired) electrons. The number of thiophene rings is 3. The minimum absolute atomic E-state index is 0.0981. The topological polar surface area (TPSA) is 40.6 Å². The van der Waals surface area contributed by atoms with Crippen LogP contribution in [0.5, 0.6) is 0 Å². The SMILES string of the molecule is O=C(Cc1cccs1)N1CCCN(C(=O)c2cc3sccc3s2)CC1. The molecule has 0 atom stereocenters. The number of hydrogen-bond donors (Lipinski definition) is 0. The van der Waals surface area contributed by atoms with E-state index in [0.717, 1.165) is 22.7 Å². The highest BCUT2D eigenvalue weighted by Crippen LogP contribution is 2.30. The molecule has 0 N–H and O–H groups in total. The Morgan fingerprint density at radius 1 is 0.960 bits per heavy atom. The van der Waals surface area contributed by atoms with E-state index in [1.807, 2.05) is 33.4 Å². The van der Waals surface area contributed by atoms with Gasteiger partial charge in [-0.2, -0.15) is 0 Å². The molecule has 0 unspecified atom stereocenters. The minimum atomic E-state index is 0.0981. The zero-order chi connectivity index (χ0) is 17.2. The van der Waals surface area contributed by atoms with Crippen molar-refractivity contribution in [1.82, 2.24) is 9.80 Å². The van der Waals surface area contributed by atoms with Gasteiger partial charge in [-0.3, -0.25) is 9.59 Å². The van der Waals surface area contributed by atoms with Crippen LogP contribution in [0, 0.1) is 0 Å². The molecule has 1 fully saturated rings. The van der Waals surface area contributed by atoms with Crippen LogP contribution in [0.2, 0.25) is 0 Å². The van der Waals surface area contributed by atoms with E-state index < -0.39 is 0 Å². The highest BCUT2D eigenvalue weighted by molar-refractivity contribution is 7.27. The minimum Gasteiger partial charge on any atom is -0.341 e. The summed E-state index contributed by atoms with van der Waals surface area (Å²) in [6.07, 6.45) is 1.30. The van der Waals surface area contributed by atoms with Crippen LogP contribution in [0.25, 0.3) is 9.40 Å². The van der Waals surface area contributed by atoms with Gasteiger partial charge in [-0.15, -0.1) is 34.0 Å². The van der Waals surface area contributed by atoms with Crippen LogP contribution >= 0.6 is 34.0 Å². The number of amides is 2. The van der Waals surface area contributed by atoms with Crippen molar-refractivity contribution in [1.29, 1.82) is 0 Å². The van der Waals surface area contributed by atoms with Crippen LogP contribution in [0.15, 0.2) is 35.0 Å². The molecule has 130 valence electrons. The molecule has 1 aliphatic heterocycles. The van der Waals surface area contributed by atoms with Crippen LogP contribution in [0.3, 0.4) is 0 Å². The van der Waals surface area contributed by atoms with Crippen molar-refractivity contribution in [2.24, 2.45) is 0 Å². The van der Waals surface area contributed by atoms with Crippen LogP contribution in [-0.4, -0.2) is 47.8 Å². The second-order valence-corrected chi connectivity index (χ2v) is 9.11. The number of hydrogen-bond acceptors (Lipinski definition) is 5. The van der Waals surface area contributed by atoms with Gasteiger partial charge in [-0.1, -0.05) is 6.07 Å². The third kappa shape index (κ3) is 3.63. The summed E-state index contributed by atoms with van der Waals surface area (Å²) in [5, 5.41) is 4.05. The highest BCUT2D eigenvalue weighted by atomic mass is 32.1. The van der Waals surface area contributed by atoms with E-state index in [2.05, 4.69) is 11.4 Å². The van der Waals surface area contributed by atoms with Gasteiger partial charge in [-0.25, -0.2) is 0 Å². The Balaban J connectivity index is 1.39. The van der Waals surface area contributed by atoms with Crippen molar-refractivity contribution in [3.8, 4) is 0 Å². The van der Waals surface area contributed by atoms with E-state index in [-0.39, 0.29) is 11.8 Å². The average molecular weight is 391 g/mol. The van der Waals surface area contributed by atoms with E-state index in [1.165, 1.54) is 9.40 Å². The maximum atomic E-state index is 12.8. The molecule has 0 aromatic carbocycles. The van der Waals surface area contributed by atoms with Crippen molar-refractivity contribution in [3.63, 3.8) is 0 Å². The number of fused-ring (bicyclic) bond motifs is 1. The smallest absolute Gasteiger partial charge is 0.264 e.